The van der Waals surface area contributed by atoms with Gasteiger partial charge in [0.1, 0.15) is 0 Å². The molecule has 4 rings (SSSR count). The van der Waals surface area contributed by atoms with E-state index in [0.717, 1.165) is 26.1 Å². The van der Waals surface area contributed by atoms with Gasteiger partial charge in [-0.3, -0.25) is 9.69 Å². The van der Waals surface area contributed by atoms with Gasteiger partial charge in [-0.15, -0.1) is 0 Å². The van der Waals surface area contributed by atoms with Crippen LogP contribution in [0.3, 0.4) is 0 Å². The number of fused-ring (bicyclic) bond motifs is 2. The molecule has 6 atom stereocenters. The first-order chi connectivity index (χ1) is 12.1. The molecule has 6 unspecified atom stereocenters. The van der Waals surface area contributed by atoms with E-state index in [-0.39, 0.29) is 23.9 Å². The molecule has 2 bridgehead atoms. The number of nitrogens with one attached hydrogen (secondary N) is 1. The number of hydrogen-bond donors (Lipinski definition) is 2. The summed E-state index contributed by atoms with van der Waals surface area (Å²) in [4.78, 5) is 15.3. The fourth-order valence-corrected chi connectivity index (χ4v) is 5.42. The van der Waals surface area contributed by atoms with Gasteiger partial charge >= 0.3 is 0 Å². The number of carbonyl (C=O) groups is 1. The zero-order valence-corrected chi connectivity index (χ0v) is 15.2. The van der Waals surface area contributed by atoms with Crippen LogP contribution in [0.1, 0.15) is 38.2 Å². The number of benzene rings is 1. The third-order valence-corrected chi connectivity index (χ3v) is 6.92. The number of amides is 1. The Labute approximate surface area is 151 Å². The Morgan fingerprint density at radius 2 is 2.00 bits per heavy atom. The van der Waals surface area contributed by atoms with Crippen LogP contribution in [0.2, 0.25) is 0 Å². The van der Waals surface area contributed by atoms with Gasteiger partial charge in [0.15, 0.2) is 0 Å². The van der Waals surface area contributed by atoms with Crippen molar-refractivity contribution in [2.45, 2.75) is 51.2 Å². The Hall–Kier alpha value is -1.39. The Bertz CT molecular complexity index is 602. The predicted molar refractivity (Wildman–Crippen MR) is 99.7 cm³/mol. The normalized spacial score (nSPS) is 35.8. The van der Waals surface area contributed by atoms with Crippen molar-refractivity contribution in [3.63, 3.8) is 0 Å². The largest absolute Gasteiger partial charge is 0.353 e. The Morgan fingerprint density at radius 3 is 2.72 bits per heavy atom. The van der Waals surface area contributed by atoms with Gasteiger partial charge in [-0.2, -0.15) is 0 Å². The highest BCUT2D eigenvalue weighted by Crippen LogP contribution is 2.47. The van der Waals surface area contributed by atoms with Gasteiger partial charge in [0.05, 0.1) is 5.92 Å². The van der Waals surface area contributed by atoms with Crippen molar-refractivity contribution >= 4 is 5.91 Å². The maximum atomic E-state index is 12.8. The quantitative estimate of drug-likeness (QED) is 0.864. The molecule has 1 saturated heterocycles. The lowest BCUT2D eigenvalue weighted by Gasteiger charge is -2.30. The van der Waals surface area contributed by atoms with Gasteiger partial charge < -0.3 is 11.1 Å². The van der Waals surface area contributed by atoms with Crippen LogP contribution in [0.4, 0.5) is 0 Å². The van der Waals surface area contributed by atoms with E-state index in [1.54, 1.807) is 0 Å². The van der Waals surface area contributed by atoms with Gasteiger partial charge in [0.2, 0.25) is 5.91 Å². The van der Waals surface area contributed by atoms with Gasteiger partial charge in [-0.25, -0.2) is 0 Å². The number of rotatable bonds is 5. The van der Waals surface area contributed by atoms with E-state index < -0.39 is 0 Å². The lowest BCUT2D eigenvalue weighted by atomic mass is 9.84. The molecule has 3 aliphatic rings. The van der Waals surface area contributed by atoms with E-state index in [0.29, 0.717) is 17.8 Å². The lowest BCUT2D eigenvalue weighted by Crippen LogP contribution is -2.49. The summed E-state index contributed by atoms with van der Waals surface area (Å²) in [5, 5.41) is 3.32. The molecule has 2 aliphatic carbocycles. The summed E-state index contributed by atoms with van der Waals surface area (Å²) in [7, 11) is 0. The minimum absolute atomic E-state index is 0.0584. The van der Waals surface area contributed by atoms with Gasteiger partial charge in [0, 0.05) is 25.2 Å². The number of likely N-dealkylation sites (tertiary alicyclic amines) is 1. The summed E-state index contributed by atoms with van der Waals surface area (Å²) in [6, 6.07) is 11.0. The van der Waals surface area contributed by atoms with Crippen LogP contribution in [0, 0.1) is 23.7 Å². The Morgan fingerprint density at radius 1 is 1.24 bits per heavy atom. The highest BCUT2D eigenvalue weighted by molar-refractivity contribution is 5.80. The summed E-state index contributed by atoms with van der Waals surface area (Å²) in [6.07, 6.45) is 4.75. The first-order valence-electron chi connectivity index (χ1n) is 9.94. The van der Waals surface area contributed by atoms with Crippen molar-refractivity contribution in [2.75, 3.05) is 13.1 Å². The standard InChI is InChI=1S/C21H31N3O/c1-14(23-21(25)19-16-7-8-17(11-16)20(19)22)18-9-10-24(13-18)12-15-5-3-2-4-6-15/h2-6,14,16-20H,7-13,22H2,1H3,(H,23,25). The number of carbonyl (C=O) groups excluding carboxylic acids is 1. The third kappa shape index (κ3) is 3.47. The molecule has 3 fully saturated rings. The molecule has 0 radical (unpaired) electrons. The molecule has 4 nitrogen and oxygen atoms in total. The minimum Gasteiger partial charge on any atom is -0.353 e. The second-order valence-electron chi connectivity index (χ2n) is 8.50. The molecular formula is C21H31N3O. The summed E-state index contributed by atoms with van der Waals surface area (Å²) in [5.74, 6) is 1.94. The molecule has 0 spiro atoms. The van der Waals surface area contributed by atoms with Crippen molar-refractivity contribution in [3.05, 3.63) is 35.9 Å². The first-order valence-corrected chi connectivity index (χ1v) is 9.94. The van der Waals surface area contributed by atoms with Gasteiger partial charge in [-0.1, -0.05) is 30.3 Å². The van der Waals surface area contributed by atoms with E-state index in [4.69, 9.17) is 5.73 Å². The van der Waals surface area contributed by atoms with Crippen LogP contribution < -0.4 is 11.1 Å². The fourth-order valence-electron chi connectivity index (χ4n) is 5.42. The second kappa shape index (κ2) is 7.08. The molecular weight excluding hydrogens is 310 g/mol. The average molecular weight is 341 g/mol. The van der Waals surface area contributed by atoms with Crippen molar-refractivity contribution in [2.24, 2.45) is 29.4 Å². The van der Waals surface area contributed by atoms with Gasteiger partial charge in [0.25, 0.3) is 0 Å². The SMILES string of the molecule is CC(NC(=O)C1C2CCC(C2)C1N)C1CCN(Cc2ccccc2)C1. The van der Waals surface area contributed by atoms with E-state index >= 15 is 0 Å². The van der Waals surface area contributed by atoms with Crippen LogP contribution in [0.5, 0.6) is 0 Å². The van der Waals surface area contributed by atoms with Crippen LogP contribution >= 0.6 is 0 Å². The molecule has 1 heterocycles. The van der Waals surface area contributed by atoms with Crippen molar-refractivity contribution in [1.29, 1.82) is 0 Å². The Kier molecular flexibility index (Phi) is 4.83. The third-order valence-electron chi connectivity index (χ3n) is 6.92. The van der Waals surface area contributed by atoms with Crippen LogP contribution in [-0.2, 0) is 11.3 Å². The zero-order valence-electron chi connectivity index (χ0n) is 15.2. The second-order valence-corrected chi connectivity index (χ2v) is 8.50. The van der Waals surface area contributed by atoms with E-state index in [2.05, 4.69) is 47.5 Å². The maximum absolute atomic E-state index is 12.8. The smallest absolute Gasteiger partial charge is 0.225 e. The topological polar surface area (TPSA) is 58.4 Å². The van der Waals surface area contributed by atoms with Crippen LogP contribution in [-0.4, -0.2) is 36.0 Å². The minimum atomic E-state index is 0.0584. The maximum Gasteiger partial charge on any atom is 0.225 e. The molecule has 1 amide bonds. The predicted octanol–water partition coefficient (Wildman–Crippen LogP) is 2.39. The molecule has 1 aromatic rings. The van der Waals surface area contributed by atoms with Crippen LogP contribution in [0.25, 0.3) is 0 Å². The molecule has 0 aromatic heterocycles. The molecule has 1 aromatic carbocycles. The monoisotopic (exact) mass is 341 g/mol. The van der Waals surface area contributed by atoms with Gasteiger partial charge in [-0.05, 0) is 62.5 Å². The Balaban J connectivity index is 1.28. The number of nitrogens with two attached hydrogens (primary N) is 1. The van der Waals surface area contributed by atoms with E-state index in [1.165, 1.54) is 24.8 Å². The first kappa shape index (κ1) is 17.0. The van der Waals surface area contributed by atoms with Crippen molar-refractivity contribution in [1.82, 2.24) is 10.2 Å². The zero-order chi connectivity index (χ0) is 17.4. The highest BCUT2D eigenvalue weighted by Gasteiger charge is 2.49. The lowest BCUT2D eigenvalue weighted by molar-refractivity contribution is -0.128. The summed E-state index contributed by atoms with van der Waals surface area (Å²) < 4.78 is 0. The van der Waals surface area contributed by atoms with E-state index in [1.807, 2.05) is 0 Å². The van der Waals surface area contributed by atoms with Crippen molar-refractivity contribution < 1.29 is 4.79 Å². The van der Waals surface area contributed by atoms with Crippen LogP contribution in [0.15, 0.2) is 30.3 Å². The molecule has 1 aliphatic heterocycles. The molecule has 136 valence electrons. The molecule has 3 N–H and O–H groups in total. The molecule has 2 saturated carbocycles. The fraction of sp³-hybridized carbons (Fsp3) is 0.667. The summed E-state index contributed by atoms with van der Waals surface area (Å²) >= 11 is 0. The summed E-state index contributed by atoms with van der Waals surface area (Å²) in [5.41, 5.74) is 7.70. The average Bonchev–Trinajstić information content (AvgIpc) is 3.31. The van der Waals surface area contributed by atoms with Crippen molar-refractivity contribution in [3.8, 4) is 0 Å². The molecule has 25 heavy (non-hydrogen) atoms. The number of nitrogens with zero attached hydrogens (tertiary/aromatic N) is 1. The van der Waals surface area contributed by atoms with E-state index in [9.17, 15) is 4.79 Å². The molecule has 4 heteroatoms. The highest BCUT2D eigenvalue weighted by atomic mass is 16.2. The number of hydrogen-bond acceptors (Lipinski definition) is 3. The summed E-state index contributed by atoms with van der Waals surface area (Å²) in [6.45, 7) is 5.37.